The van der Waals surface area contributed by atoms with Crippen molar-refractivity contribution in [1.82, 2.24) is 10.3 Å². The maximum absolute atomic E-state index is 12.6. The Labute approximate surface area is 194 Å². The fourth-order valence-corrected chi connectivity index (χ4v) is 4.57. The summed E-state index contributed by atoms with van der Waals surface area (Å²) in [5, 5.41) is 5.82. The standard InChI is InChI=1S/C26H19N3O3S/c30-24(27-15-19-16-33-23(28-19)14-17-6-2-1-3-7-17)18-10-12-20(13-11-18)29-25(31)21-8-4-5-9-22(21)26(29)32/h1-13,16H,14-15H2,(H,27,30). The third-order valence-corrected chi connectivity index (χ3v) is 6.31. The maximum atomic E-state index is 12.6. The Morgan fingerprint density at radius 3 is 2.15 bits per heavy atom. The Balaban J connectivity index is 1.21. The second-order valence-electron chi connectivity index (χ2n) is 7.62. The number of nitrogens with one attached hydrogen (secondary N) is 1. The second kappa shape index (κ2) is 8.80. The SMILES string of the molecule is O=C(NCc1csc(Cc2ccccc2)n1)c1ccc(N2C(=O)c3ccccc3C2=O)cc1. The van der Waals surface area contributed by atoms with Gasteiger partial charge in [-0.15, -0.1) is 11.3 Å². The molecule has 0 aliphatic carbocycles. The number of aromatic nitrogens is 1. The largest absolute Gasteiger partial charge is 0.346 e. The molecule has 0 saturated heterocycles. The maximum Gasteiger partial charge on any atom is 0.266 e. The van der Waals surface area contributed by atoms with Crippen LogP contribution in [-0.2, 0) is 13.0 Å². The summed E-state index contributed by atoms with van der Waals surface area (Å²) < 4.78 is 0. The number of fused-ring (bicyclic) bond motifs is 1. The van der Waals surface area contributed by atoms with Crippen molar-refractivity contribution in [3.8, 4) is 0 Å². The van der Waals surface area contributed by atoms with Gasteiger partial charge in [0.1, 0.15) is 0 Å². The Morgan fingerprint density at radius 2 is 1.48 bits per heavy atom. The van der Waals surface area contributed by atoms with Crippen molar-refractivity contribution in [2.24, 2.45) is 0 Å². The van der Waals surface area contributed by atoms with E-state index in [1.165, 1.54) is 5.56 Å². The fourth-order valence-electron chi connectivity index (χ4n) is 3.74. The highest BCUT2D eigenvalue weighted by atomic mass is 32.1. The first-order valence-corrected chi connectivity index (χ1v) is 11.3. The van der Waals surface area contributed by atoms with Crippen LogP contribution >= 0.6 is 11.3 Å². The molecule has 1 aliphatic heterocycles. The van der Waals surface area contributed by atoms with Crippen molar-refractivity contribution in [2.75, 3.05) is 4.90 Å². The number of amides is 3. The zero-order chi connectivity index (χ0) is 22.8. The number of benzene rings is 3. The minimum atomic E-state index is -0.359. The van der Waals surface area contributed by atoms with Gasteiger partial charge in [-0.05, 0) is 42.0 Å². The second-order valence-corrected chi connectivity index (χ2v) is 8.56. The van der Waals surface area contributed by atoms with Crippen LogP contribution in [0, 0.1) is 0 Å². The lowest BCUT2D eigenvalue weighted by Gasteiger charge is -2.14. The summed E-state index contributed by atoms with van der Waals surface area (Å²) >= 11 is 1.57. The van der Waals surface area contributed by atoms with E-state index in [2.05, 4.69) is 22.4 Å². The van der Waals surface area contributed by atoms with Crippen molar-refractivity contribution in [3.63, 3.8) is 0 Å². The van der Waals surface area contributed by atoms with Gasteiger partial charge in [0.25, 0.3) is 17.7 Å². The Hall–Kier alpha value is -4.10. The van der Waals surface area contributed by atoms with E-state index in [0.717, 1.165) is 22.0 Å². The highest BCUT2D eigenvalue weighted by Crippen LogP contribution is 2.28. The van der Waals surface area contributed by atoms with Gasteiger partial charge >= 0.3 is 0 Å². The van der Waals surface area contributed by atoms with E-state index in [1.54, 1.807) is 59.9 Å². The van der Waals surface area contributed by atoms with Gasteiger partial charge in [-0.3, -0.25) is 14.4 Å². The van der Waals surface area contributed by atoms with Crippen LogP contribution in [0.3, 0.4) is 0 Å². The average molecular weight is 454 g/mol. The summed E-state index contributed by atoms with van der Waals surface area (Å²) in [5.74, 6) is -0.966. The number of anilines is 1. The summed E-state index contributed by atoms with van der Waals surface area (Å²) in [6.07, 6.45) is 0.763. The number of carbonyl (C=O) groups excluding carboxylic acids is 3. The summed E-state index contributed by atoms with van der Waals surface area (Å²) in [7, 11) is 0. The summed E-state index contributed by atoms with van der Waals surface area (Å²) in [5.41, 5.74) is 3.65. The molecule has 0 bridgehead atoms. The van der Waals surface area contributed by atoms with Crippen molar-refractivity contribution in [2.45, 2.75) is 13.0 Å². The molecule has 5 rings (SSSR count). The van der Waals surface area contributed by atoms with Crippen molar-refractivity contribution in [3.05, 3.63) is 117 Å². The van der Waals surface area contributed by atoms with Gasteiger partial charge < -0.3 is 5.32 Å². The van der Waals surface area contributed by atoms with E-state index in [4.69, 9.17) is 0 Å². The van der Waals surface area contributed by atoms with Gasteiger partial charge in [0.15, 0.2) is 0 Å². The topological polar surface area (TPSA) is 79.4 Å². The van der Waals surface area contributed by atoms with Crippen LogP contribution in [-0.4, -0.2) is 22.7 Å². The molecule has 1 aromatic heterocycles. The molecule has 3 amide bonds. The van der Waals surface area contributed by atoms with Crippen LogP contribution < -0.4 is 10.2 Å². The molecule has 162 valence electrons. The first kappa shape index (κ1) is 20.8. The predicted molar refractivity (Wildman–Crippen MR) is 127 cm³/mol. The van der Waals surface area contributed by atoms with E-state index in [1.807, 2.05) is 23.6 Å². The van der Waals surface area contributed by atoms with E-state index >= 15 is 0 Å². The molecule has 0 radical (unpaired) electrons. The van der Waals surface area contributed by atoms with E-state index in [-0.39, 0.29) is 17.7 Å². The van der Waals surface area contributed by atoms with E-state index in [9.17, 15) is 14.4 Å². The number of rotatable bonds is 6. The average Bonchev–Trinajstić information content (AvgIpc) is 3.40. The minimum Gasteiger partial charge on any atom is -0.346 e. The van der Waals surface area contributed by atoms with Crippen LogP contribution in [0.25, 0.3) is 0 Å². The highest BCUT2D eigenvalue weighted by Gasteiger charge is 2.36. The van der Waals surface area contributed by atoms with Crippen molar-refractivity contribution >= 4 is 34.7 Å². The van der Waals surface area contributed by atoms with Crippen LogP contribution in [0.4, 0.5) is 5.69 Å². The molecule has 0 saturated carbocycles. The molecule has 3 aromatic carbocycles. The normalized spacial score (nSPS) is 12.7. The first-order valence-electron chi connectivity index (χ1n) is 10.4. The molecule has 1 N–H and O–H groups in total. The molecule has 0 spiro atoms. The Morgan fingerprint density at radius 1 is 0.848 bits per heavy atom. The van der Waals surface area contributed by atoms with Crippen LogP contribution in [0.15, 0.2) is 84.2 Å². The summed E-state index contributed by atoms with van der Waals surface area (Å²) in [6, 6.07) is 23.3. The number of thiazole rings is 1. The zero-order valence-electron chi connectivity index (χ0n) is 17.5. The van der Waals surface area contributed by atoms with Gasteiger partial charge in [-0.1, -0.05) is 42.5 Å². The third kappa shape index (κ3) is 4.18. The fraction of sp³-hybridized carbons (Fsp3) is 0.0769. The molecule has 2 heterocycles. The van der Waals surface area contributed by atoms with Gasteiger partial charge in [0, 0.05) is 17.4 Å². The number of carbonyl (C=O) groups is 3. The summed E-state index contributed by atoms with van der Waals surface area (Å²) in [4.78, 5) is 43.5. The van der Waals surface area contributed by atoms with Crippen LogP contribution in [0.5, 0.6) is 0 Å². The van der Waals surface area contributed by atoms with Gasteiger partial charge in [-0.25, -0.2) is 9.88 Å². The number of hydrogen-bond acceptors (Lipinski definition) is 5. The van der Waals surface area contributed by atoms with E-state index in [0.29, 0.717) is 28.9 Å². The molecule has 0 fully saturated rings. The Kier molecular flexibility index (Phi) is 5.54. The number of nitrogens with zero attached hydrogens (tertiary/aromatic N) is 2. The molecule has 1 aliphatic rings. The highest BCUT2D eigenvalue weighted by molar-refractivity contribution is 7.09. The molecule has 6 nitrogen and oxygen atoms in total. The zero-order valence-corrected chi connectivity index (χ0v) is 18.3. The first-order chi connectivity index (χ1) is 16.1. The lowest BCUT2D eigenvalue weighted by atomic mass is 10.1. The lowest BCUT2D eigenvalue weighted by Crippen LogP contribution is -2.29. The molecule has 0 atom stereocenters. The summed E-state index contributed by atoms with van der Waals surface area (Å²) in [6.45, 7) is 0.324. The van der Waals surface area contributed by atoms with Crippen LogP contribution in [0.2, 0.25) is 0 Å². The molecule has 33 heavy (non-hydrogen) atoms. The third-order valence-electron chi connectivity index (χ3n) is 5.41. The van der Waals surface area contributed by atoms with Gasteiger partial charge in [-0.2, -0.15) is 0 Å². The van der Waals surface area contributed by atoms with Crippen molar-refractivity contribution < 1.29 is 14.4 Å². The lowest BCUT2D eigenvalue weighted by molar-refractivity contribution is 0.0923. The molecular formula is C26H19N3O3S. The minimum absolute atomic E-state index is 0.249. The quantitative estimate of drug-likeness (QED) is 0.437. The monoisotopic (exact) mass is 453 g/mol. The number of hydrogen-bond donors (Lipinski definition) is 1. The van der Waals surface area contributed by atoms with Crippen molar-refractivity contribution in [1.29, 1.82) is 0 Å². The smallest absolute Gasteiger partial charge is 0.266 e. The molecular weight excluding hydrogens is 434 g/mol. The van der Waals surface area contributed by atoms with Gasteiger partial charge in [0.2, 0.25) is 0 Å². The molecule has 0 unspecified atom stereocenters. The Bertz CT molecular complexity index is 1310. The van der Waals surface area contributed by atoms with E-state index < -0.39 is 0 Å². The van der Waals surface area contributed by atoms with Gasteiger partial charge in [0.05, 0.1) is 34.1 Å². The molecule has 4 aromatic rings. The predicted octanol–water partition coefficient (Wildman–Crippen LogP) is 4.46. The number of imide groups is 1. The molecule has 7 heteroatoms. The van der Waals surface area contributed by atoms with Crippen LogP contribution in [0.1, 0.15) is 47.3 Å².